The summed E-state index contributed by atoms with van der Waals surface area (Å²) < 4.78 is 4.44. The van der Waals surface area contributed by atoms with Crippen molar-refractivity contribution >= 4 is 23.2 Å². The quantitative estimate of drug-likeness (QED) is 0.754. The van der Waals surface area contributed by atoms with E-state index >= 15 is 0 Å². The molecule has 0 heterocycles. The summed E-state index contributed by atoms with van der Waals surface area (Å²) in [6.07, 6.45) is 0. The number of benzene rings is 2. The second kappa shape index (κ2) is 4.73. The van der Waals surface area contributed by atoms with E-state index in [-0.39, 0.29) is 11.8 Å². The van der Waals surface area contributed by atoms with Crippen LogP contribution in [0.1, 0.15) is 23.0 Å². The predicted molar refractivity (Wildman–Crippen MR) is 78.2 cm³/mol. The highest BCUT2D eigenvalue weighted by Gasteiger charge is 2.64. The molecule has 0 aromatic heterocycles. The number of hydrogen-bond donors (Lipinski definition) is 0. The van der Waals surface area contributed by atoms with Gasteiger partial charge in [0, 0.05) is 11.8 Å². The Hall–Kier alpha value is -1.18. The molecule has 1 saturated carbocycles. The first kappa shape index (κ1) is 12.8. The van der Waals surface area contributed by atoms with Gasteiger partial charge in [0.1, 0.15) is 10.1 Å². The largest absolute Gasteiger partial charge is 0.497 e. The summed E-state index contributed by atoms with van der Waals surface area (Å²) in [4.78, 5) is 0. The lowest BCUT2D eigenvalue weighted by Crippen LogP contribution is -1.90. The van der Waals surface area contributed by atoms with Crippen LogP contribution in [0.4, 0.5) is 0 Å². The normalized spacial score (nSPS) is 23.9. The van der Waals surface area contributed by atoms with Crippen molar-refractivity contribution in [1.82, 2.24) is 0 Å². The Bertz CT molecular complexity index is 563. The van der Waals surface area contributed by atoms with Crippen molar-refractivity contribution in [3.8, 4) is 5.75 Å². The molecule has 0 bridgehead atoms. The molecule has 0 aliphatic heterocycles. The van der Waals surface area contributed by atoms with Gasteiger partial charge in [0.05, 0.1) is 7.11 Å². The van der Waals surface area contributed by atoms with Gasteiger partial charge in [0.2, 0.25) is 0 Å². The molecule has 1 fully saturated rings. The van der Waals surface area contributed by atoms with E-state index in [0.29, 0.717) is 0 Å². The van der Waals surface area contributed by atoms with Gasteiger partial charge < -0.3 is 4.74 Å². The van der Waals surface area contributed by atoms with E-state index in [4.69, 9.17) is 27.9 Å². The fraction of sp³-hybridized carbons (Fsp3) is 0.250. The van der Waals surface area contributed by atoms with Crippen molar-refractivity contribution in [2.45, 2.75) is 16.2 Å². The maximum Gasteiger partial charge on any atom is 0.133 e. The lowest BCUT2D eigenvalue weighted by molar-refractivity contribution is 0.414. The monoisotopic (exact) mass is 291 g/mol. The Morgan fingerprint density at radius 2 is 1.47 bits per heavy atom. The van der Waals surface area contributed by atoms with Crippen LogP contribution in [0.15, 0.2) is 48.5 Å². The van der Waals surface area contributed by atoms with Crippen LogP contribution in [-0.4, -0.2) is 11.4 Å². The smallest absolute Gasteiger partial charge is 0.133 e. The SMILES string of the molecule is COc1ccc(C2C(c3cc[c]cc3)C2(Cl)Cl)cc1. The number of hydrogen-bond acceptors (Lipinski definition) is 1. The first-order valence-electron chi connectivity index (χ1n) is 6.12. The van der Waals surface area contributed by atoms with Crippen LogP contribution in [0, 0.1) is 6.07 Å². The van der Waals surface area contributed by atoms with E-state index in [0.717, 1.165) is 16.9 Å². The minimum Gasteiger partial charge on any atom is -0.497 e. The van der Waals surface area contributed by atoms with Crippen molar-refractivity contribution in [2.24, 2.45) is 0 Å². The molecule has 3 rings (SSSR count). The third-order valence-corrected chi connectivity index (χ3v) is 4.57. The lowest BCUT2D eigenvalue weighted by atomic mass is 10.0. The number of alkyl halides is 2. The Balaban J connectivity index is 1.89. The summed E-state index contributed by atoms with van der Waals surface area (Å²) in [5.74, 6) is 1.10. The van der Waals surface area contributed by atoms with Gasteiger partial charge in [0.25, 0.3) is 0 Å². The molecule has 97 valence electrons. The van der Waals surface area contributed by atoms with Crippen LogP contribution < -0.4 is 4.74 Å². The summed E-state index contributed by atoms with van der Waals surface area (Å²) in [6, 6.07) is 18.8. The fourth-order valence-electron chi connectivity index (χ4n) is 2.57. The minimum atomic E-state index is -0.726. The number of ether oxygens (including phenoxy) is 1. The zero-order chi connectivity index (χ0) is 13.5. The Kier molecular flexibility index (Phi) is 3.20. The second-order valence-corrected chi connectivity index (χ2v) is 6.18. The van der Waals surface area contributed by atoms with Crippen LogP contribution in [-0.2, 0) is 0 Å². The molecule has 0 saturated heterocycles. The Labute approximate surface area is 123 Å². The van der Waals surface area contributed by atoms with Crippen molar-refractivity contribution in [3.05, 3.63) is 65.7 Å². The lowest BCUT2D eigenvalue weighted by Gasteiger charge is -2.03. The standard InChI is InChI=1S/C16H13Cl2O/c1-19-13-9-7-12(8-10-13)15-14(16(15,17)18)11-5-3-2-4-6-11/h3-10,14-15H,1H3. The van der Waals surface area contributed by atoms with Crippen LogP contribution in [0.2, 0.25) is 0 Å². The molecule has 19 heavy (non-hydrogen) atoms. The van der Waals surface area contributed by atoms with Crippen molar-refractivity contribution in [3.63, 3.8) is 0 Å². The highest BCUT2D eigenvalue weighted by molar-refractivity contribution is 6.52. The Morgan fingerprint density at radius 3 is 2.00 bits per heavy atom. The summed E-state index contributed by atoms with van der Waals surface area (Å²) in [6.45, 7) is 0. The summed E-state index contributed by atoms with van der Waals surface area (Å²) in [5, 5.41) is 0. The molecule has 2 aromatic carbocycles. The molecule has 2 unspecified atom stereocenters. The van der Waals surface area contributed by atoms with Crippen LogP contribution >= 0.6 is 23.2 Å². The van der Waals surface area contributed by atoms with E-state index in [1.165, 1.54) is 0 Å². The van der Waals surface area contributed by atoms with E-state index in [2.05, 4.69) is 6.07 Å². The average Bonchev–Trinajstić information content (AvgIpc) is 3.02. The first-order valence-corrected chi connectivity index (χ1v) is 6.88. The van der Waals surface area contributed by atoms with Gasteiger partial charge >= 0.3 is 0 Å². The summed E-state index contributed by atoms with van der Waals surface area (Å²) >= 11 is 12.9. The molecule has 3 heteroatoms. The molecule has 1 aliphatic rings. The van der Waals surface area contributed by atoms with E-state index in [9.17, 15) is 0 Å². The van der Waals surface area contributed by atoms with Crippen LogP contribution in [0.5, 0.6) is 5.75 Å². The molecule has 0 N–H and O–H groups in total. The third-order valence-electron chi connectivity index (χ3n) is 3.63. The zero-order valence-corrected chi connectivity index (χ0v) is 11.9. The van der Waals surface area contributed by atoms with Gasteiger partial charge in [-0.1, -0.05) is 36.4 Å². The molecule has 2 atom stereocenters. The van der Waals surface area contributed by atoms with Crippen molar-refractivity contribution < 1.29 is 4.74 Å². The molecule has 2 aromatic rings. The molecular weight excluding hydrogens is 279 g/mol. The third kappa shape index (κ3) is 2.22. The molecule has 1 radical (unpaired) electrons. The highest BCUT2D eigenvalue weighted by Crippen LogP contribution is 2.70. The van der Waals surface area contributed by atoms with Gasteiger partial charge in [-0.25, -0.2) is 0 Å². The fourth-order valence-corrected chi connectivity index (χ4v) is 3.46. The average molecular weight is 292 g/mol. The first-order chi connectivity index (χ1) is 9.14. The molecule has 1 aliphatic carbocycles. The van der Waals surface area contributed by atoms with Gasteiger partial charge in [-0.2, -0.15) is 0 Å². The molecular formula is C16H13Cl2O. The van der Waals surface area contributed by atoms with Crippen molar-refractivity contribution in [2.75, 3.05) is 7.11 Å². The second-order valence-electron chi connectivity index (χ2n) is 4.74. The van der Waals surface area contributed by atoms with Gasteiger partial charge in [-0.3, -0.25) is 0 Å². The maximum absolute atomic E-state index is 6.44. The van der Waals surface area contributed by atoms with E-state index in [1.54, 1.807) is 7.11 Å². The molecule has 0 spiro atoms. The van der Waals surface area contributed by atoms with Crippen LogP contribution in [0.25, 0.3) is 0 Å². The van der Waals surface area contributed by atoms with Gasteiger partial charge in [0.15, 0.2) is 0 Å². The number of halogens is 2. The van der Waals surface area contributed by atoms with Crippen LogP contribution in [0.3, 0.4) is 0 Å². The topological polar surface area (TPSA) is 9.23 Å². The molecule has 0 amide bonds. The van der Waals surface area contributed by atoms with Gasteiger partial charge in [-0.15, -0.1) is 23.2 Å². The minimum absolute atomic E-state index is 0.129. The highest BCUT2D eigenvalue weighted by atomic mass is 35.5. The van der Waals surface area contributed by atoms with E-state index < -0.39 is 4.33 Å². The van der Waals surface area contributed by atoms with Crippen molar-refractivity contribution in [1.29, 1.82) is 0 Å². The van der Waals surface area contributed by atoms with Gasteiger partial charge in [-0.05, 0) is 29.3 Å². The Morgan fingerprint density at radius 1 is 0.947 bits per heavy atom. The number of rotatable bonds is 3. The summed E-state index contributed by atoms with van der Waals surface area (Å²) in [7, 11) is 1.66. The maximum atomic E-state index is 6.44. The zero-order valence-electron chi connectivity index (χ0n) is 10.4. The number of methoxy groups -OCH3 is 1. The summed E-state index contributed by atoms with van der Waals surface area (Å²) in [5.41, 5.74) is 2.30. The molecule has 1 nitrogen and oxygen atoms in total. The predicted octanol–water partition coefficient (Wildman–Crippen LogP) is 4.55. The van der Waals surface area contributed by atoms with E-state index in [1.807, 2.05) is 48.5 Å².